The van der Waals surface area contributed by atoms with Gasteiger partial charge in [0.25, 0.3) is 0 Å². The second-order valence-electron chi connectivity index (χ2n) is 8.33. The van der Waals surface area contributed by atoms with Crippen molar-refractivity contribution in [3.8, 4) is 11.4 Å². The second kappa shape index (κ2) is 10.4. The lowest BCUT2D eigenvalue weighted by Crippen LogP contribution is -2.33. The zero-order valence-electron chi connectivity index (χ0n) is 19.2. The maximum atomic E-state index is 13.9. The number of fused-ring (bicyclic) bond motifs is 1. The van der Waals surface area contributed by atoms with E-state index in [9.17, 15) is 17.6 Å². The van der Waals surface area contributed by atoms with E-state index in [1.54, 1.807) is 16.9 Å². The van der Waals surface area contributed by atoms with Crippen molar-refractivity contribution < 1.29 is 27.5 Å². The normalized spacial score (nSPS) is 15.0. The molecule has 13 heteroatoms. The molecule has 36 heavy (non-hydrogen) atoms. The molecule has 0 radical (unpaired) electrons. The zero-order chi connectivity index (χ0) is 25.9. The third-order valence-corrected chi connectivity index (χ3v) is 5.92. The van der Waals surface area contributed by atoms with Crippen LogP contribution in [-0.2, 0) is 18.4 Å². The third-order valence-electron chi connectivity index (χ3n) is 5.92. The van der Waals surface area contributed by atoms with Gasteiger partial charge in [0, 0.05) is 31.3 Å². The Kier molecular flexibility index (Phi) is 7.29. The number of benzene rings is 1. The van der Waals surface area contributed by atoms with Crippen LogP contribution in [0.5, 0.6) is 0 Å². The van der Waals surface area contributed by atoms with Crippen LogP contribution in [-0.4, -0.2) is 64.8 Å². The Hall–Kier alpha value is -3.87. The molecule has 1 N–H and O–H groups in total. The van der Waals surface area contributed by atoms with Crippen molar-refractivity contribution in [1.29, 1.82) is 0 Å². The summed E-state index contributed by atoms with van der Waals surface area (Å²) in [5.74, 6) is -1.71. The SMILES string of the molecule is Cn1nccc1-c1ccc2nnc(C3CCN(Cc4ccccc4F)CC3)n2n1.O=C(O)C(F)(F)F. The molecule has 4 aromatic rings. The summed E-state index contributed by atoms with van der Waals surface area (Å²) in [4.78, 5) is 11.2. The molecule has 190 valence electrons. The summed E-state index contributed by atoms with van der Waals surface area (Å²) in [7, 11) is 1.90. The van der Waals surface area contributed by atoms with Crippen molar-refractivity contribution >= 4 is 11.6 Å². The molecule has 9 nitrogen and oxygen atoms in total. The van der Waals surface area contributed by atoms with E-state index in [-0.39, 0.29) is 11.7 Å². The highest BCUT2D eigenvalue weighted by atomic mass is 19.4. The first-order valence-corrected chi connectivity index (χ1v) is 11.1. The predicted molar refractivity (Wildman–Crippen MR) is 120 cm³/mol. The van der Waals surface area contributed by atoms with Crippen LogP contribution in [0.3, 0.4) is 0 Å². The van der Waals surface area contributed by atoms with Gasteiger partial charge in [-0.2, -0.15) is 27.9 Å². The van der Waals surface area contributed by atoms with Crippen LogP contribution in [0.4, 0.5) is 17.6 Å². The van der Waals surface area contributed by atoms with E-state index in [0.29, 0.717) is 6.54 Å². The molecular weight excluding hydrogens is 482 g/mol. The van der Waals surface area contributed by atoms with Gasteiger partial charge in [-0.05, 0) is 50.2 Å². The first-order valence-electron chi connectivity index (χ1n) is 11.1. The number of nitrogens with zero attached hydrogens (tertiary/aromatic N) is 7. The van der Waals surface area contributed by atoms with Crippen molar-refractivity contribution in [2.24, 2.45) is 7.05 Å². The molecule has 1 aromatic carbocycles. The standard InChI is InChI=1S/C21H22FN7.C2HF3O2/c1-27-19(8-11-23-27)18-6-7-20-24-25-21(29(20)26-18)15-9-12-28(13-10-15)14-16-4-2-3-5-17(16)22;3-2(4,5)1(6)7/h2-8,11,15H,9-10,12-14H2,1H3;(H,6,7). The number of aryl methyl sites for hydroxylation is 1. The lowest BCUT2D eigenvalue weighted by Gasteiger charge is -2.31. The summed E-state index contributed by atoms with van der Waals surface area (Å²) in [6, 6.07) is 12.8. The summed E-state index contributed by atoms with van der Waals surface area (Å²) in [6.07, 6.45) is -1.42. The summed E-state index contributed by atoms with van der Waals surface area (Å²) in [6.45, 7) is 2.44. The first-order chi connectivity index (χ1) is 17.1. The van der Waals surface area contributed by atoms with Gasteiger partial charge < -0.3 is 5.11 Å². The maximum Gasteiger partial charge on any atom is 0.490 e. The molecule has 0 bridgehead atoms. The Balaban J connectivity index is 0.000000384. The third kappa shape index (κ3) is 5.67. The van der Waals surface area contributed by atoms with Gasteiger partial charge in [0.15, 0.2) is 11.5 Å². The van der Waals surface area contributed by atoms with Crippen LogP contribution < -0.4 is 0 Å². The molecule has 1 aliphatic heterocycles. The average Bonchev–Trinajstić information content (AvgIpc) is 3.46. The van der Waals surface area contributed by atoms with Gasteiger partial charge in [-0.25, -0.2) is 9.18 Å². The van der Waals surface area contributed by atoms with E-state index in [0.717, 1.165) is 54.4 Å². The number of rotatable bonds is 4. The van der Waals surface area contributed by atoms with Crippen molar-refractivity contribution in [2.45, 2.75) is 31.5 Å². The minimum Gasteiger partial charge on any atom is -0.475 e. The fourth-order valence-corrected chi connectivity index (χ4v) is 4.04. The molecule has 3 aromatic heterocycles. The average molecular weight is 505 g/mol. The molecule has 0 spiro atoms. The lowest BCUT2D eigenvalue weighted by atomic mass is 9.95. The maximum absolute atomic E-state index is 13.9. The summed E-state index contributed by atoms with van der Waals surface area (Å²) >= 11 is 0. The van der Waals surface area contributed by atoms with Crippen LogP contribution in [0.2, 0.25) is 0 Å². The van der Waals surface area contributed by atoms with Crippen LogP contribution in [0.15, 0.2) is 48.7 Å². The van der Waals surface area contributed by atoms with E-state index >= 15 is 0 Å². The number of hydrogen-bond acceptors (Lipinski definition) is 6. The number of carboxylic acid groups (broad SMARTS) is 1. The van der Waals surface area contributed by atoms with Crippen LogP contribution in [0, 0.1) is 5.82 Å². The molecule has 5 rings (SSSR count). The van der Waals surface area contributed by atoms with Crippen LogP contribution in [0.1, 0.15) is 30.1 Å². The Bertz CT molecular complexity index is 1340. The fraction of sp³-hybridized carbons (Fsp3) is 0.348. The lowest BCUT2D eigenvalue weighted by molar-refractivity contribution is -0.192. The summed E-state index contributed by atoms with van der Waals surface area (Å²) in [5, 5.41) is 24.9. The van der Waals surface area contributed by atoms with E-state index in [2.05, 4.69) is 20.2 Å². The minimum atomic E-state index is -5.08. The number of halogens is 4. The molecule has 1 saturated heterocycles. The van der Waals surface area contributed by atoms with Gasteiger partial charge in [-0.15, -0.1) is 10.2 Å². The molecule has 0 saturated carbocycles. The summed E-state index contributed by atoms with van der Waals surface area (Å²) < 4.78 is 49.3. The van der Waals surface area contributed by atoms with Crippen molar-refractivity contribution in [2.75, 3.05) is 13.1 Å². The summed E-state index contributed by atoms with van der Waals surface area (Å²) in [5.41, 5.74) is 3.29. The van der Waals surface area contributed by atoms with E-state index in [1.165, 1.54) is 6.07 Å². The molecular formula is C23H23F4N7O2. The fourth-order valence-electron chi connectivity index (χ4n) is 4.04. The smallest absolute Gasteiger partial charge is 0.475 e. The number of alkyl halides is 3. The Morgan fingerprint density at radius 1 is 1.08 bits per heavy atom. The monoisotopic (exact) mass is 505 g/mol. The van der Waals surface area contributed by atoms with E-state index < -0.39 is 12.1 Å². The van der Waals surface area contributed by atoms with E-state index in [1.807, 2.05) is 41.9 Å². The van der Waals surface area contributed by atoms with Gasteiger partial charge in [-0.3, -0.25) is 9.58 Å². The Morgan fingerprint density at radius 2 is 1.78 bits per heavy atom. The van der Waals surface area contributed by atoms with Gasteiger partial charge in [0.05, 0.1) is 5.69 Å². The molecule has 0 amide bonds. The molecule has 0 unspecified atom stereocenters. The molecule has 4 heterocycles. The largest absolute Gasteiger partial charge is 0.490 e. The minimum absolute atomic E-state index is 0.134. The van der Waals surface area contributed by atoms with E-state index in [4.69, 9.17) is 15.0 Å². The number of hydrogen-bond donors (Lipinski definition) is 1. The van der Waals surface area contributed by atoms with Gasteiger partial charge in [0.1, 0.15) is 11.5 Å². The van der Waals surface area contributed by atoms with Crippen molar-refractivity contribution in [1.82, 2.24) is 34.5 Å². The topological polar surface area (TPSA) is 101 Å². The quantitative estimate of drug-likeness (QED) is 0.422. The highest BCUT2D eigenvalue weighted by Gasteiger charge is 2.38. The number of aromatic nitrogens is 6. The van der Waals surface area contributed by atoms with Crippen molar-refractivity contribution in [3.63, 3.8) is 0 Å². The number of piperidine rings is 1. The highest BCUT2D eigenvalue weighted by molar-refractivity contribution is 5.73. The molecule has 1 aliphatic rings. The number of likely N-dealkylation sites (tertiary alicyclic amines) is 1. The molecule has 0 atom stereocenters. The van der Waals surface area contributed by atoms with Crippen LogP contribution >= 0.6 is 0 Å². The number of carboxylic acids is 1. The van der Waals surface area contributed by atoms with Crippen LogP contribution in [0.25, 0.3) is 17.0 Å². The zero-order valence-corrected chi connectivity index (χ0v) is 19.2. The van der Waals surface area contributed by atoms with Crippen molar-refractivity contribution in [3.05, 3.63) is 65.9 Å². The first kappa shape index (κ1) is 25.2. The van der Waals surface area contributed by atoms with Gasteiger partial charge >= 0.3 is 12.1 Å². The Morgan fingerprint density at radius 3 is 2.39 bits per heavy atom. The predicted octanol–water partition coefficient (Wildman–Crippen LogP) is 3.68. The molecule has 1 fully saturated rings. The van der Waals surface area contributed by atoms with Gasteiger partial charge in [0.2, 0.25) is 0 Å². The number of carbonyl (C=O) groups is 1. The highest BCUT2D eigenvalue weighted by Crippen LogP contribution is 2.28. The Labute approximate surface area is 203 Å². The van der Waals surface area contributed by atoms with Gasteiger partial charge in [-0.1, -0.05) is 18.2 Å². The molecule has 0 aliphatic carbocycles. The number of aliphatic carboxylic acids is 1. The second-order valence-corrected chi connectivity index (χ2v) is 8.33.